The fourth-order valence-electron chi connectivity index (χ4n) is 7.16. The third-order valence-corrected chi connectivity index (χ3v) is 7.77. The van der Waals surface area contributed by atoms with E-state index in [0.717, 1.165) is 43.4 Å². The molecule has 0 radical (unpaired) electrons. The van der Waals surface area contributed by atoms with Gasteiger partial charge >= 0.3 is 0 Å². The van der Waals surface area contributed by atoms with Crippen molar-refractivity contribution in [1.82, 2.24) is 20.2 Å². The number of hydrogen-bond acceptors (Lipinski definition) is 4. The number of aromatic nitrogens is 2. The number of fused-ring (bicyclic) bond motifs is 1. The van der Waals surface area contributed by atoms with E-state index in [4.69, 9.17) is 0 Å². The van der Waals surface area contributed by atoms with Crippen LogP contribution in [0.3, 0.4) is 0 Å². The number of amides is 2. The summed E-state index contributed by atoms with van der Waals surface area (Å²) >= 11 is 0. The molecule has 2 aromatic heterocycles. The number of nitrogens with one attached hydrogen (secondary N) is 1. The fraction of sp³-hybridized carbons (Fsp3) is 0.500. The van der Waals surface area contributed by atoms with Gasteiger partial charge in [-0.05, 0) is 75.5 Å². The molecule has 1 aliphatic heterocycles. The molecule has 3 heterocycles. The second kappa shape index (κ2) is 6.13. The lowest BCUT2D eigenvalue weighted by Crippen LogP contribution is -2.69. The molecule has 4 aliphatic carbocycles. The number of hydrogen-bond donors (Lipinski definition) is 1. The van der Waals surface area contributed by atoms with Gasteiger partial charge in [0.15, 0.2) is 0 Å². The van der Waals surface area contributed by atoms with E-state index >= 15 is 0 Å². The minimum atomic E-state index is -0.241. The summed E-state index contributed by atoms with van der Waals surface area (Å²) in [5.74, 6) is 1.09. The number of pyridine rings is 2. The van der Waals surface area contributed by atoms with Crippen molar-refractivity contribution < 1.29 is 9.59 Å². The molecule has 0 saturated heterocycles. The minimum Gasteiger partial charge on any atom is -0.345 e. The molecule has 7 rings (SSSR count). The molecule has 4 bridgehead atoms. The predicted molar refractivity (Wildman–Crippen MR) is 111 cm³/mol. The molecule has 2 aromatic rings. The van der Waals surface area contributed by atoms with Gasteiger partial charge in [-0.3, -0.25) is 14.6 Å². The van der Waals surface area contributed by atoms with Crippen LogP contribution in [0.25, 0.3) is 0 Å². The van der Waals surface area contributed by atoms with E-state index in [2.05, 4.69) is 20.2 Å². The summed E-state index contributed by atoms with van der Waals surface area (Å²) < 4.78 is 0. The summed E-state index contributed by atoms with van der Waals surface area (Å²) in [6, 6.07) is 9.49. The van der Waals surface area contributed by atoms with Gasteiger partial charge in [-0.15, -0.1) is 0 Å². The molecular formula is C24H26N4O2. The lowest BCUT2D eigenvalue weighted by atomic mass is 9.49. The molecule has 6 nitrogen and oxygen atoms in total. The van der Waals surface area contributed by atoms with Crippen LogP contribution in [0.1, 0.15) is 70.8 Å². The van der Waals surface area contributed by atoms with E-state index < -0.39 is 0 Å². The number of aryl methyl sites for hydroxylation is 1. The quantitative estimate of drug-likeness (QED) is 0.855. The second-order valence-corrected chi connectivity index (χ2v) is 9.99. The van der Waals surface area contributed by atoms with Gasteiger partial charge in [0.25, 0.3) is 11.8 Å². The van der Waals surface area contributed by atoms with Gasteiger partial charge in [0.2, 0.25) is 0 Å². The number of carbonyl (C=O) groups is 2. The highest BCUT2D eigenvalue weighted by Crippen LogP contribution is 2.60. The van der Waals surface area contributed by atoms with Crippen molar-refractivity contribution in [3.63, 3.8) is 0 Å². The van der Waals surface area contributed by atoms with Gasteiger partial charge in [-0.2, -0.15) is 0 Å². The summed E-state index contributed by atoms with van der Waals surface area (Å²) in [6.07, 6.45) is 7.87. The SMILES string of the molecule is Cc1cccc(C(=O)NC23CC4CC(C2)CC(N2Cc5cccnc5C2=O)(C4)C3)n1. The topological polar surface area (TPSA) is 75.2 Å². The summed E-state index contributed by atoms with van der Waals surface area (Å²) in [6.45, 7) is 2.55. The zero-order chi connectivity index (χ0) is 20.5. The van der Waals surface area contributed by atoms with Gasteiger partial charge in [-0.1, -0.05) is 12.1 Å². The molecule has 30 heavy (non-hydrogen) atoms. The summed E-state index contributed by atoms with van der Waals surface area (Å²) in [5.41, 5.74) is 2.55. The van der Waals surface area contributed by atoms with Gasteiger partial charge < -0.3 is 10.2 Å². The maximum atomic E-state index is 13.3. The minimum absolute atomic E-state index is 0.0642. The van der Waals surface area contributed by atoms with E-state index in [1.54, 1.807) is 12.3 Å². The Kier molecular flexibility index (Phi) is 3.68. The predicted octanol–water partition coefficient (Wildman–Crippen LogP) is 3.26. The Morgan fingerprint density at radius 3 is 2.67 bits per heavy atom. The van der Waals surface area contributed by atoms with Crippen LogP contribution in [0.4, 0.5) is 0 Å². The van der Waals surface area contributed by atoms with E-state index in [9.17, 15) is 9.59 Å². The van der Waals surface area contributed by atoms with Gasteiger partial charge in [0.1, 0.15) is 11.4 Å². The Labute approximate surface area is 176 Å². The highest BCUT2D eigenvalue weighted by Gasteiger charge is 2.61. The number of rotatable bonds is 3. The standard InChI is InChI=1S/C24H26N4O2/c1-15-4-2-6-19(26-15)21(29)27-23-9-16-8-17(10-23)12-24(11-16,14-23)28-13-18-5-3-7-25-20(18)22(28)30/h2-7,16-17H,8-14H2,1H3,(H,27,29). The van der Waals surface area contributed by atoms with Gasteiger partial charge in [0, 0.05) is 35.1 Å². The summed E-state index contributed by atoms with van der Waals surface area (Å²) in [7, 11) is 0. The molecule has 0 spiro atoms. The highest BCUT2D eigenvalue weighted by molar-refractivity contribution is 5.97. The van der Waals surface area contributed by atoms with Crippen molar-refractivity contribution >= 4 is 11.8 Å². The Bertz CT molecular complexity index is 1050. The summed E-state index contributed by atoms with van der Waals surface area (Å²) in [5, 5.41) is 3.40. The molecule has 154 valence electrons. The van der Waals surface area contributed by atoms with E-state index in [-0.39, 0.29) is 22.9 Å². The lowest BCUT2D eigenvalue weighted by Gasteiger charge is -2.64. The molecule has 5 aliphatic rings. The Balaban J connectivity index is 1.32. The Hall–Kier alpha value is -2.76. The third kappa shape index (κ3) is 2.62. The van der Waals surface area contributed by atoms with E-state index in [1.165, 1.54) is 6.42 Å². The van der Waals surface area contributed by atoms with Crippen LogP contribution in [0.2, 0.25) is 0 Å². The fourth-order valence-corrected chi connectivity index (χ4v) is 7.16. The Morgan fingerprint density at radius 1 is 1.13 bits per heavy atom. The molecular weight excluding hydrogens is 376 g/mol. The van der Waals surface area contributed by atoms with Crippen molar-refractivity contribution in [2.45, 2.75) is 63.1 Å². The molecule has 2 amide bonds. The van der Waals surface area contributed by atoms with Crippen LogP contribution in [0.5, 0.6) is 0 Å². The average molecular weight is 402 g/mol. The van der Waals surface area contributed by atoms with E-state index in [1.807, 2.05) is 31.2 Å². The zero-order valence-corrected chi connectivity index (χ0v) is 17.2. The van der Waals surface area contributed by atoms with Crippen LogP contribution in [0, 0.1) is 18.8 Å². The van der Waals surface area contributed by atoms with Crippen LogP contribution in [0.15, 0.2) is 36.5 Å². The Morgan fingerprint density at radius 2 is 1.93 bits per heavy atom. The maximum Gasteiger partial charge on any atom is 0.273 e. The highest BCUT2D eigenvalue weighted by atomic mass is 16.2. The third-order valence-electron chi connectivity index (χ3n) is 7.77. The second-order valence-electron chi connectivity index (χ2n) is 9.99. The first-order chi connectivity index (χ1) is 14.5. The van der Waals surface area contributed by atoms with E-state index in [0.29, 0.717) is 29.8 Å². The number of carbonyl (C=O) groups excluding carboxylic acids is 2. The smallest absolute Gasteiger partial charge is 0.273 e. The first-order valence-electron chi connectivity index (χ1n) is 11.0. The molecule has 2 unspecified atom stereocenters. The van der Waals surface area contributed by atoms with Crippen molar-refractivity contribution in [2.24, 2.45) is 11.8 Å². The molecule has 4 saturated carbocycles. The van der Waals surface area contributed by atoms with Crippen LogP contribution >= 0.6 is 0 Å². The van der Waals surface area contributed by atoms with Crippen molar-refractivity contribution in [2.75, 3.05) is 0 Å². The van der Waals surface area contributed by atoms with Crippen LogP contribution < -0.4 is 5.32 Å². The average Bonchev–Trinajstić information content (AvgIpc) is 3.04. The normalized spacial score (nSPS) is 33.6. The number of nitrogens with zero attached hydrogens (tertiary/aromatic N) is 3. The zero-order valence-electron chi connectivity index (χ0n) is 17.2. The molecule has 2 atom stereocenters. The largest absolute Gasteiger partial charge is 0.345 e. The van der Waals surface area contributed by atoms with Crippen LogP contribution in [-0.2, 0) is 6.54 Å². The van der Waals surface area contributed by atoms with Gasteiger partial charge in [0.05, 0.1) is 0 Å². The molecule has 6 heteroatoms. The monoisotopic (exact) mass is 402 g/mol. The van der Waals surface area contributed by atoms with Crippen molar-refractivity contribution in [3.05, 3.63) is 59.2 Å². The molecule has 0 aromatic carbocycles. The first kappa shape index (κ1) is 18.0. The summed E-state index contributed by atoms with van der Waals surface area (Å²) in [4.78, 5) is 37.2. The van der Waals surface area contributed by atoms with Crippen molar-refractivity contribution in [3.8, 4) is 0 Å². The maximum absolute atomic E-state index is 13.3. The first-order valence-corrected chi connectivity index (χ1v) is 11.0. The van der Waals surface area contributed by atoms with Crippen LogP contribution in [-0.4, -0.2) is 37.8 Å². The lowest BCUT2D eigenvalue weighted by molar-refractivity contribution is -0.0938. The van der Waals surface area contributed by atoms with Gasteiger partial charge in [-0.25, -0.2) is 4.98 Å². The molecule has 4 fully saturated rings. The van der Waals surface area contributed by atoms with Crippen molar-refractivity contribution in [1.29, 1.82) is 0 Å². The molecule has 1 N–H and O–H groups in total.